The molecule has 0 spiro atoms. The number of carbonyl (C=O) groups excluding carboxylic acids is 1. The Morgan fingerprint density at radius 3 is 2.57 bits per heavy atom. The van der Waals surface area contributed by atoms with E-state index in [0.717, 1.165) is 47.5 Å². The van der Waals surface area contributed by atoms with Gasteiger partial charge in [-0.2, -0.15) is 0 Å². The molecule has 6 nitrogen and oxygen atoms in total. The quantitative estimate of drug-likeness (QED) is 0.588. The number of benzene rings is 2. The van der Waals surface area contributed by atoms with Crippen molar-refractivity contribution in [2.24, 2.45) is 11.5 Å². The number of hydrogen-bond acceptors (Lipinski definition) is 4. The molecule has 1 aliphatic rings. The van der Waals surface area contributed by atoms with E-state index in [9.17, 15) is 4.79 Å². The summed E-state index contributed by atoms with van der Waals surface area (Å²) in [5.74, 6) is 0.821. The van der Waals surface area contributed by atoms with Crippen molar-refractivity contribution in [2.75, 3.05) is 6.54 Å². The lowest BCUT2D eigenvalue weighted by molar-refractivity contribution is -0.136. The van der Waals surface area contributed by atoms with Crippen LogP contribution in [-0.4, -0.2) is 33.4 Å². The third-order valence-corrected chi connectivity index (χ3v) is 5.81. The van der Waals surface area contributed by atoms with E-state index in [0.29, 0.717) is 19.5 Å². The Bertz CT molecular complexity index is 967. The summed E-state index contributed by atoms with van der Waals surface area (Å²) in [4.78, 5) is 23.2. The summed E-state index contributed by atoms with van der Waals surface area (Å²) in [6.07, 6.45) is 5.32. The number of likely N-dealkylation sites (tertiary alicyclic amines) is 1. The van der Waals surface area contributed by atoms with Crippen molar-refractivity contribution < 1.29 is 4.79 Å². The van der Waals surface area contributed by atoms with Crippen molar-refractivity contribution in [2.45, 2.75) is 44.3 Å². The van der Waals surface area contributed by atoms with E-state index in [4.69, 9.17) is 11.5 Å². The second-order valence-corrected chi connectivity index (χ2v) is 7.92. The third kappa shape index (κ3) is 4.45. The van der Waals surface area contributed by atoms with Gasteiger partial charge in [-0.25, -0.2) is 4.98 Å². The van der Waals surface area contributed by atoms with E-state index < -0.39 is 6.04 Å². The summed E-state index contributed by atoms with van der Waals surface area (Å²) in [5.41, 5.74) is 16.2. The van der Waals surface area contributed by atoms with Gasteiger partial charge in [-0.05, 0) is 42.4 Å². The topological polar surface area (TPSA) is 101 Å². The van der Waals surface area contributed by atoms with Gasteiger partial charge in [-0.15, -0.1) is 0 Å². The number of aromatic amines is 1. The average molecular weight is 404 g/mol. The molecule has 5 N–H and O–H groups in total. The number of nitrogens with one attached hydrogen (secondary N) is 1. The first-order chi connectivity index (χ1) is 14.7. The standard InChI is InChI=1S/C24H29N5O/c25-15-18-11-9-17(10-12-18)14-20(26)24(30)29-13-5-4-8-22(29)23-27-16-21(28-23)19-6-2-1-3-7-19/h1-3,6-7,9-12,16,20,22H,4-5,8,13-15,25-26H2,(H,27,28)/t20-,22-/m0/s1. The number of imidazole rings is 1. The number of H-pyrrole nitrogens is 1. The zero-order chi connectivity index (χ0) is 20.9. The molecule has 30 heavy (non-hydrogen) atoms. The number of carbonyl (C=O) groups is 1. The van der Waals surface area contributed by atoms with E-state index >= 15 is 0 Å². The molecule has 0 saturated carbocycles. The zero-order valence-electron chi connectivity index (χ0n) is 17.1. The fraction of sp³-hybridized carbons (Fsp3) is 0.333. The number of piperidine rings is 1. The van der Waals surface area contributed by atoms with Crippen LogP contribution in [-0.2, 0) is 17.8 Å². The van der Waals surface area contributed by atoms with Crippen molar-refractivity contribution in [1.29, 1.82) is 0 Å². The summed E-state index contributed by atoms with van der Waals surface area (Å²) in [7, 11) is 0. The van der Waals surface area contributed by atoms with E-state index in [1.54, 1.807) is 0 Å². The molecule has 2 aromatic carbocycles. The van der Waals surface area contributed by atoms with Crippen LogP contribution in [0.2, 0.25) is 0 Å². The normalized spacial score (nSPS) is 17.7. The number of amides is 1. The number of nitrogens with two attached hydrogens (primary N) is 2. The van der Waals surface area contributed by atoms with Gasteiger partial charge in [0.1, 0.15) is 5.82 Å². The molecule has 1 aliphatic heterocycles. The lowest BCUT2D eigenvalue weighted by Crippen LogP contribution is -2.48. The molecule has 1 aromatic heterocycles. The third-order valence-electron chi connectivity index (χ3n) is 5.81. The number of aromatic nitrogens is 2. The van der Waals surface area contributed by atoms with E-state index in [2.05, 4.69) is 9.97 Å². The highest BCUT2D eigenvalue weighted by atomic mass is 16.2. The fourth-order valence-electron chi connectivity index (χ4n) is 4.12. The monoisotopic (exact) mass is 403 g/mol. The van der Waals surface area contributed by atoms with Crippen molar-refractivity contribution in [3.05, 3.63) is 77.7 Å². The Balaban J connectivity index is 1.48. The van der Waals surface area contributed by atoms with Crippen LogP contribution in [0, 0.1) is 0 Å². The number of nitrogens with zero attached hydrogens (tertiary/aromatic N) is 2. The predicted octanol–water partition coefficient (Wildman–Crippen LogP) is 3.16. The van der Waals surface area contributed by atoms with Gasteiger partial charge in [0.2, 0.25) is 5.91 Å². The second kappa shape index (κ2) is 9.24. The number of hydrogen-bond donors (Lipinski definition) is 3. The summed E-state index contributed by atoms with van der Waals surface area (Å²) in [6, 6.07) is 17.5. The fourth-order valence-corrected chi connectivity index (χ4v) is 4.12. The molecule has 1 fully saturated rings. The minimum absolute atomic E-state index is 0.0136. The molecule has 0 bridgehead atoms. The maximum Gasteiger partial charge on any atom is 0.240 e. The summed E-state index contributed by atoms with van der Waals surface area (Å²) in [5, 5.41) is 0. The van der Waals surface area contributed by atoms with Crippen molar-refractivity contribution in [1.82, 2.24) is 14.9 Å². The van der Waals surface area contributed by atoms with E-state index in [1.165, 1.54) is 0 Å². The molecule has 156 valence electrons. The first kappa shape index (κ1) is 20.3. The van der Waals surface area contributed by atoms with Crippen LogP contribution in [0.25, 0.3) is 11.3 Å². The van der Waals surface area contributed by atoms with Gasteiger partial charge in [0.15, 0.2) is 0 Å². The molecular weight excluding hydrogens is 374 g/mol. The second-order valence-electron chi connectivity index (χ2n) is 7.92. The Hall–Kier alpha value is -2.96. The maximum absolute atomic E-state index is 13.2. The molecule has 1 amide bonds. The van der Waals surface area contributed by atoms with Gasteiger partial charge in [0, 0.05) is 13.1 Å². The van der Waals surface area contributed by atoms with Gasteiger partial charge in [0.25, 0.3) is 0 Å². The molecule has 6 heteroatoms. The van der Waals surface area contributed by atoms with Crippen molar-refractivity contribution in [3.8, 4) is 11.3 Å². The van der Waals surface area contributed by atoms with Crippen molar-refractivity contribution >= 4 is 5.91 Å². The SMILES string of the molecule is NCc1ccc(C[C@H](N)C(=O)N2CCCC[C@H]2c2ncc(-c3ccccc3)[nH]2)cc1. The molecule has 0 unspecified atom stereocenters. The van der Waals surface area contributed by atoms with Crippen LogP contribution in [0.3, 0.4) is 0 Å². The Labute approximate surface area is 177 Å². The number of rotatable bonds is 6. The maximum atomic E-state index is 13.2. The van der Waals surface area contributed by atoms with Gasteiger partial charge in [-0.1, -0.05) is 54.6 Å². The van der Waals surface area contributed by atoms with Crippen LogP contribution >= 0.6 is 0 Å². The molecule has 3 aromatic rings. The highest BCUT2D eigenvalue weighted by Crippen LogP contribution is 2.31. The lowest BCUT2D eigenvalue weighted by Gasteiger charge is -2.36. The summed E-state index contributed by atoms with van der Waals surface area (Å²) in [6.45, 7) is 1.22. The van der Waals surface area contributed by atoms with Crippen LogP contribution in [0.15, 0.2) is 60.8 Å². The van der Waals surface area contributed by atoms with E-state index in [-0.39, 0.29) is 11.9 Å². The Morgan fingerprint density at radius 1 is 1.10 bits per heavy atom. The molecule has 1 saturated heterocycles. The van der Waals surface area contributed by atoms with Crippen LogP contribution in [0.4, 0.5) is 0 Å². The average Bonchev–Trinajstić information content (AvgIpc) is 3.30. The van der Waals surface area contributed by atoms with Gasteiger partial charge in [0.05, 0.1) is 24.0 Å². The highest BCUT2D eigenvalue weighted by Gasteiger charge is 2.32. The summed E-state index contributed by atoms with van der Waals surface area (Å²) >= 11 is 0. The Morgan fingerprint density at radius 2 is 1.83 bits per heavy atom. The van der Waals surface area contributed by atoms with Crippen molar-refractivity contribution in [3.63, 3.8) is 0 Å². The van der Waals surface area contributed by atoms with Gasteiger partial charge >= 0.3 is 0 Å². The van der Waals surface area contributed by atoms with Gasteiger partial charge in [-0.3, -0.25) is 4.79 Å². The first-order valence-corrected chi connectivity index (χ1v) is 10.6. The Kier molecular flexibility index (Phi) is 6.26. The lowest BCUT2D eigenvalue weighted by atomic mass is 9.98. The molecule has 0 aliphatic carbocycles. The van der Waals surface area contributed by atoms with Crippen LogP contribution in [0.1, 0.15) is 42.3 Å². The smallest absolute Gasteiger partial charge is 0.240 e. The van der Waals surface area contributed by atoms with Crippen LogP contribution < -0.4 is 11.5 Å². The predicted molar refractivity (Wildman–Crippen MR) is 118 cm³/mol. The molecule has 4 rings (SSSR count). The summed E-state index contributed by atoms with van der Waals surface area (Å²) < 4.78 is 0. The van der Waals surface area contributed by atoms with Gasteiger partial charge < -0.3 is 21.4 Å². The van der Waals surface area contributed by atoms with E-state index in [1.807, 2.05) is 65.7 Å². The zero-order valence-corrected chi connectivity index (χ0v) is 17.1. The molecular formula is C24H29N5O. The highest BCUT2D eigenvalue weighted by molar-refractivity contribution is 5.82. The molecule has 0 radical (unpaired) electrons. The first-order valence-electron chi connectivity index (χ1n) is 10.6. The minimum atomic E-state index is -0.571. The molecule has 2 heterocycles. The van der Waals surface area contributed by atoms with Crippen LogP contribution in [0.5, 0.6) is 0 Å². The minimum Gasteiger partial charge on any atom is -0.340 e. The largest absolute Gasteiger partial charge is 0.340 e. The molecule has 2 atom stereocenters.